The van der Waals surface area contributed by atoms with Crippen LogP contribution in [0.1, 0.15) is 130 Å². The fraction of sp³-hybridized carbons (Fsp3) is 0.375. The van der Waals surface area contributed by atoms with Crippen molar-refractivity contribution in [2.75, 3.05) is 19.8 Å². The minimum atomic E-state index is -1.14. The van der Waals surface area contributed by atoms with Crippen LogP contribution in [0.2, 0.25) is 0 Å². The zero-order chi connectivity index (χ0) is 84.8. The summed E-state index contributed by atoms with van der Waals surface area (Å²) in [5.41, 5.74) is 6.00. The summed E-state index contributed by atoms with van der Waals surface area (Å²) in [4.78, 5) is 112. The number of fused-ring (bicyclic) bond motifs is 3. The molecule has 1 aliphatic heterocycles. The van der Waals surface area contributed by atoms with E-state index in [0.29, 0.717) is 107 Å². The third-order valence-corrected chi connectivity index (χ3v) is 18.4. The molecule has 36 heteroatoms. The van der Waals surface area contributed by atoms with Gasteiger partial charge < -0.3 is 15.2 Å². The molecule has 0 radical (unpaired) electrons. The smallest absolute Gasteiger partial charge is 0.407 e. The number of hydrogen-bond acceptors (Lipinski definition) is 22. The van der Waals surface area contributed by atoms with Crippen LogP contribution in [0.15, 0.2) is 200 Å². The van der Waals surface area contributed by atoms with E-state index in [1.165, 1.54) is 25.4 Å². The van der Waals surface area contributed by atoms with Crippen LogP contribution < -0.4 is 10.6 Å². The van der Waals surface area contributed by atoms with Crippen LogP contribution in [-0.4, -0.2) is 225 Å². The summed E-state index contributed by atoms with van der Waals surface area (Å²) in [6, 6.07) is 49.5. The summed E-state index contributed by atoms with van der Waals surface area (Å²) in [6.45, 7) is 2.60. The summed E-state index contributed by atoms with van der Waals surface area (Å²) in [6.07, 6.45) is 17.4. The van der Waals surface area contributed by atoms with E-state index >= 15 is 0 Å². The number of carboxylic acid groups (broad SMARTS) is 6. The first-order valence-electron chi connectivity index (χ1n) is 37.4. The van der Waals surface area contributed by atoms with Crippen molar-refractivity contribution in [2.45, 2.75) is 169 Å². The molecule has 602 valence electrons. The molecule has 3 aliphatic carbocycles. The molecule has 8 N–H and O–H groups in total. The molecule has 6 aromatic rings. The molecule has 4 aliphatic rings. The normalized spacial score (nSPS) is 15.5. The van der Waals surface area contributed by atoms with Gasteiger partial charge in [0.2, 0.25) is 0 Å². The molecule has 1 saturated heterocycles. The molecule has 3 fully saturated rings. The number of ether oxygens (including phenoxy) is 2. The number of aliphatic carboxylic acids is 6. The van der Waals surface area contributed by atoms with Crippen LogP contribution in [0, 0.1) is 0 Å². The van der Waals surface area contributed by atoms with Crippen molar-refractivity contribution in [3.8, 4) is 11.1 Å². The molecule has 0 spiro atoms. The maximum Gasteiger partial charge on any atom is 0.407 e. The number of carboxylic acids is 6. The monoisotopic (exact) mass is 1580 g/mol. The van der Waals surface area contributed by atoms with Crippen molar-refractivity contribution in [3.05, 3.63) is 203 Å². The molecule has 10 rings (SSSR count). The Hall–Kier alpha value is -12.0. The van der Waals surface area contributed by atoms with Gasteiger partial charge >= 0.3 is 522 Å². The number of rotatable bonds is 32. The second-order valence-corrected chi connectivity index (χ2v) is 26.4. The minimum absolute atomic E-state index is 0.0643. The maximum atomic E-state index is 12.4. The number of nitrogens with one attached hydrogen (secondary N) is 2. The van der Waals surface area contributed by atoms with Gasteiger partial charge in [0.25, 0.3) is 0 Å². The van der Waals surface area contributed by atoms with Crippen molar-refractivity contribution in [3.63, 3.8) is 0 Å². The number of nitrogens with zero attached hydrogens (tertiary/aromatic N) is 6. The Morgan fingerprint density at radius 3 is 1.15 bits per heavy atom. The molecule has 30 nitrogen and oxygen atoms in total. The molecule has 6 aromatic carbocycles. The van der Waals surface area contributed by atoms with Gasteiger partial charge in [0.05, 0.1) is 0 Å². The van der Waals surface area contributed by atoms with E-state index in [4.69, 9.17) is 35.0 Å². The van der Waals surface area contributed by atoms with Gasteiger partial charge in [-0.1, -0.05) is 78.9 Å². The van der Waals surface area contributed by atoms with Crippen LogP contribution >= 0.6 is 0 Å². The minimum Gasteiger partial charge on any atom is -0.480 e. The first kappa shape index (κ1) is 96.4. The van der Waals surface area contributed by atoms with Gasteiger partial charge in [-0.15, -0.1) is 0 Å². The average Bonchev–Trinajstić information content (AvgIpc) is 1.61. The van der Waals surface area contributed by atoms with E-state index in [-0.39, 0.29) is 30.9 Å². The first-order valence-corrected chi connectivity index (χ1v) is 37.4. The van der Waals surface area contributed by atoms with E-state index < -0.39 is 83.2 Å². The zero-order valence-corrected chi connectivity index (χ0v) is 64.2. The van der Waals surface area contributed by atoms with Crippen LogP contribution in [0.3, 0.4) is 0 Å². The van der Waals surface area contributed by atoms with E-state index in [1.54, 1.807) is 6.92 Å². The molecular weight excluding hydrogens is 1490 g/mol. The van der Waals surface area contributed by atoms with E-state index in [1.807, 2.05) is 158 Å². The van der Waals surface area contributed by atoms with Gasteiger partial charge in [-0.3, -0.25) is 0 Å². The van der Waals surface area contributed by atoms with Gasteiger partial charge in [-0.05, 0) is 27.8 Å². The number of benzene rings is 6. The maximum absolute atomic E-state index is 12.4. The molecule has 1 unspecified atom stereocenters. The quantitative estimate of drug-likeness (QED) is 0.0145. The molecule has 116 heavy (non-hydrogen) atoms. The van der Waals surface area contributed by atoms with Crippen LogP contribution in [-0.2, 0) is 96.9 Å². The SMILES string of the molecule is CC[C@@H](N=CB=O)C(=O)O.O=BC=NC(Cc1ccccc1)C(=O)NC1CCCCC1.O=BC=NC1(C(=O)O)CCCCC1.O=BC=NC1(C(=O)O)CCOCC1.O=BC=N[C@@H](Cc1ccccc1)C(=O)O.O=BC=N[C@H](Cc1ccccc1)C(=O)O.O=C(N[C@H](Cc1ccccc1)C(=O)O)OCC1c2ccccc2-c2ccccc21. The number of amides is 2. The molecular formula is C80H92B6N8O22. The van der Waals surface area contributed by atoms with Gasteiger partial charge in [0, 0.05) is 12.3 Å². The van der Waals surface area contributed by atoms with Crippen LogP contribution in [0.5, 0.6) is 0 Å². The largest absolute Gasteiger partial charge is 0.480 e. The summed E-state index contributed by atoms with van der Waals surface area (Å²) >= 11 is 0. The Morgan fingerprint density at radius 2 is 0.776 bits per heavy atom. The molecule has 2 saturated carbocycles. The Kier molecular flexibility index (Phi) is 46.1. The average molecular weight is 1580 g/mol. The van der Waals surface area contributed by atoms with Crippen LogP contribution in [0.4, 0.5) is 4.79 Å². The number of carbonyl (C=O) groups excluding carboxylic acids is 2. The van der Waals surface area contributed by atoms with Crippen molar-refractivity contribution in [2.24, 2.45) is 30.0 Å². The predicted molar refractivity (Wildman–Crippen MR) is 437 cm³/mol. The Labute approximate surface area is 675 Å². The summed E-state index contributed by atoms with van der Waals surface area (Å²) in [7, 11) is 3.04. The fourth-order valence-corrected chi connectivity index (χ4v) is 12.4. The van der Waals surface area contributed by atoms with Crippen molar-refractivity contribution >= 4 is 127 Å². The first-order chi connectivity index (χ1) is 56.0. The summed E-state index contributed by atoms with van der Waals surface area (Å²) in [5, 5.41) is 59.0. The van der Waals surface area contributed by atoms with Gasteiger partial charge in [0.1, 0.15) is 12.6 Å². The molecule has 5 atom stereocenters. The second kappa shape index (κ2) is 55.5. The van der Waals surface area contributed by atoms with Crippen molar-refractivity contribution in [1.82, 2.24) is 10.6 Å². The number of carbonyl (C=O) groups is 8. The fourth-order valence-electron chi connectivity index (χ4n) is 12.4. The third-order valence-electron chi connectivity index (χ3n) is 18.4. The topological polar surface area (TPSA) is 477 Å². The Morgan fingerprint density at radius 1 is 0.431 bits per heavy atom. The molecule has 0 bridgehead atoms. The number of hydrogen-bond donors (Lipinski definition) is 8. The standard InChI is InChI=1S/C24H21NO4.C16H21BN2O2.2C10H10BNO3.C8H12BNO3.C7H10BNO4.C5H8BNO3/c26-23(27)22(14-16-8-2-1-3-9-16)25-24(28)29-15-21-19-12-6-4-10-17(19)18-11-5-7-13-20(18)21;20-16(19-14-9-5-2-6-10-14)15(18-12-17-21)11-13-7-3-1-4-8-13;2*13-10(14)9(12-7-11-15)6-8-4-2-1-3-5-8;11-7(12)8(10-6-9-13)4-2-1-3-5-8;10-6(11)7(9-5-8-12)1-3-13-4-2-7;1-2-4(5(8)9)7-3-6-10/h1-13,21-22H,14-15H2,(H,25,28)(H,26,27);1,3-4,7-8,12,14-15H,2,5-6,9-11H2,(H,19,20);2*1-5,7,9H,6H2,(H,13,14);6H,1-5H2,(H,11,12);5H,1-4H2,(H,10,11);3-4H,2H2,1H3,(H,8,9)/t22-;;2*9-;;;4-/m1.10..1/s1. The molecule has 1 heterocycles. The van der Waals surface area contributed by atoms with Gasteiger partial charge in [-0.2, -0.15) is 0 Å². The van der Waals surface area contributed by atoms with Crippen LogP contribution in [0.25, 0.3) is 11.1 Å². The van der Waals surface area contributed by atoms with Gasteiger partial charge in [0.15, 0.2) is 0 Å². The number of alkyl carbamates (subject to hydrolysis) is 1. The molecule has 2 amide bonds. The van der Waals surface area contributed by atoms with Gasteiger partial charge in [-0.25, -0.2) is 9.59 Å². The third kappa shape index (κ3) is 35.6. The number of aliphatic imine (C=N–C) groups is 6. The second-order valence-electron chi connectivity index (χ2n) is 26.4. The van der Waals surface area contributed by atoms with E-state index in [0.717, 1.165) is 107 Å². The van der Waals surface area contributed by atoms with Crippen molar-refractivity contribution < 1.29 is 107 Å². The summed E-state index contributed by atoms with van der Waals surface area (Å²) < 4.78 is 70.9. The van der Waals surface area contributed by atoms with E-state index in [2.05, 4.69) is 52.7 Å². The van der Waals surface area contributed by atoms with Crippen molar-refractivity contribution in [1.29, 1.82) is 0 Å². The zero-order valence-electron chi connectivity index (χ0n) is 64.2. The Bertz CT molecular complexity index is 4140. The Balaban J connectivity index is 0.000000294. The molecule has 0 aromatic heterocycles. The summed E-state index contributed by atoms with van der Waals surface area (Å²) in [5.74, 6) is -6.20. The van der Waals surface area contributed by atoms with E-state index in [9.17, 15) is 71.7 Å². The predicted octanol–water partition coefficient (Wildman–Crippen LogP) is 8.34.